The fourth-order valence-corrected chi connectivity index (χ4v) is 0.442. The first-order chi connectivity index (χ1) is 4.39. The molecule has 1 aromatic heterocycles. The van der Waals surface area contributed by atoms with Crippen molar-refractivity contribution in [2.24, 2.45) is 0 Å². The molecule has 0 N–H and O–H groups in total. The summed E-state index contributed by atoms with van der Waals surface area (Å²) in [6.45, 7) is 1.93. The van der Waals surface area contributed by atoms with Crippen molar-refractivity contribution in [3.8, 4) is 0 Å². The Morgan fingerprint density at radius 3 is 2.78 bits per heavy atom. The van der Waals surface area contributed by atoms with E-state index < -0.39 is 0 Å². The van der Waals surface area contributed by atoms with E-state index in [-0.39, 0.29) is 0 Å². The number of aryl methyl sites for hydroxylation is 1. The number of hydrogen-bond acceptors (Lipinski definition) is 2. The van der Waals surface area contributed by atoms with Gasteiger partial charge in [-0.3, -0.25) is 0 Å². The molecule has 0 bridgehead atoms. The standard InChI is InChI=1S/C7H8O2/c1-7-2-3-8-4-5-9-6-7/h2-6H,1H3. The average Bonchev–Trinajstić information content (AvgIpc) is 1.79. The average molecular weight is 124 g/mol. The maximum Gasteiger partial charge on any atom is 0.125 e. The molecule has 1 aromatic rings. The molecule has 0 radical (unpaired) electrons. The van der Waals surface area contributed by atoms with Crippen molar-refractivity contribution in [1.29, 1.82) is 0 Å². The van der Waals surface area contributed by atoms with E-state index in [1.54, 1.807) is 12.5 Å². The Labute approximate surface area is 53.4 Å². The summed E-state index contributed by atoms with van der Waals surface area (Å²) in [5.74, 6) is 0. The van der Waals surface area contributed by atoms with E-state index in [1.165, 1.54) is 12.5 Å². The molecule has 2 heteroatoms. The third kappa shape index (κ3) is 2.04. The lowest BCUT2D eigenvalue weighted by Gasteiger charge is -1.81. The summed E-state index contributed by atoms with van der Waals surface area (Å²) in [5.41, 5.74) is 1.03. The zero-order chi connectivity index (χ0) is 6.53. The zero-order valence-corrected chi connectivity index (χ0v) is 5.20. The Morgan fingerprint density at radius 1 is 1.11 bits per heavy atom. The largest absolute Gasteiger partial charge is 0.469 e. The molecule has 0 aromatic carbocycles. The molecular weight excluding hydrogens is 116 g/mol. The Hall–Kier alpha value is -1.18. The first kappa shape index (κ1) is 5.95. The van der Waals surface area contributed by atoms with Gasteiger partial charge in [0.1, 0.15) is 12.5 Å². The van der Waals surface area contributed by atoms with Crippen LogP contribution in [-0.2, 0) is 0 Å². The van der Waals surface area contributed by atoms with E-state index in [9.17, 15) is 0 Å². The van der Waals surface area contributed by atoms with Gasteiger partial charge in [-0.05, 0) is 18.6 Å². The quantitative estimate of drug-likeness (QED) is 0.530. The predicted octanol–water partition coefficient (Wildman–Crippen LogP) is 2.31. The van der Waals surface area contributed by atoms with Crippen molar-refractivity contribution in [3.05, 3.63) is 36.7 Å². The topological polar surface area (TPSA) is 26.3 Å². The summed E-state index contributed by atoms with van der Waals surface area (Å²) in [5, 5.41) is 0. The molecule has 9 heavy (non-hydrogen) atoms. The lowest BCUT2D eigenvalue weighted by atomic mass is 10.4. The van der Waals surface area contributed by atoms with Crippen LogP contribution in [0.3, 0.4) is 0 Å². The minimum atomic E-state index is 1.03. The molecule has 0 saturated carbocycles. The molecule has 0 aliphatic rings. The molecule has 0 aliphatic heterocycles. The second-order valence-electron chi connectivity index (χ2n) is 1.71. The SMILES string of the molecule is Cc1ccoccoc1. The van der Waals surface area contributed by atoms with E-state index in [0.717, 1.165) is 5.56 Å². The Balaban J connectivity index is 3.08. The van der Waals surface area contributed by atoms with Crippen molar-refractivity contribution in [2.75, 3.05) is 0 Å². The predicted molar refractivity (Wildman–Crippen MR) is 33.3 cm³/mol. The highest BCUT2D eigenvalue weighted by atomic mass is 16.4. The van der Waals surface area contributed by atoms with E-state index in [2.05, 4.69) is 0 Å². The van der Waals surface area contributed by atoms with Gasteiger partial charge in [0, 0.05) is 0 Å². The van der Waals surface area contributed by atoms with E-state index in [4.69, 9.17) is 8.83 Å². The Kier molecular flexibility index (Phi) is 1.96. The van der Waals surface area contributed by atoms with Crippen LogP contribution in [0.15, 0.2) is 40.0 Å². The fourth-order valence-electron chi connectivity index (χ4n) is 0.442. The Morgan fingerprint density at radius 2 is 1.89 bits per heavy atom. The van der Waals surface area contributed by atoms with Gasteiger partial charge >= 0.3 is 0 Å². The molecular formula is C7H8O2. The van der Waals surface area contributed by atoms with Crippen LogP contribution in [0.4, 0.5) is 0 Å². The van der Waals surface area contributed by atoms with Crippen molar-refractivity contribution >= 4 is 0 Å². The minimum absolute atomic E-state index is 1.03. The minimum Gasteiger partial charge on any atom is -0.469 e. The van der Waals surface area contributed by atoms with E-state index in [0.29, 0.717) is 0 Å². The molecule has 48 valence electrons. The third-order valence-corrected chi connectivity index (χ3v) is 0.876. The van der Waals surface area contributed by atoms with Crippen molar-refractivity contribution in [1.82, 2.24) is 0 Å². The van der Waals surface area contributed by atoms with Gasteiger partial charge in [0.05, 0.1) is 12.5 Å². The van der Waals surface area contributed by atoms with Crippen molar-refractivity contribution in [2.45, 2.75) is 6.92 Å². The normalized spacial score (nSPS) is 8.56. The first-order valence-corrected chi connectivity index (χ1v) is 2.69. The van der Waals surface area contributed by atoms with Gasteiger partial charge in [0.15, 0.2) is 0 Å². The van der Waals surface area contributed by atoms with Gasteiger partial charge in [-0.1, -0.05) is 0 Å². The van der Waals surface area contributed by atoms with Gasteiger partial charge in [-0.15, -0.1) is 0 Å². The highest BCUT2D eigenvalue weighted by molar-refractivity contribution is 4.97. The molecule has 0 fully saturated rings. The van der Waals surface area contributed by atoms with Crippen LogP contribution in [0, 0.1) is 6.92 Å². The maximum atomic E-state index is 4.87. The van der Waals surface area contributed by atoms with Crippen LogP contribution in [0.1, 0.15) is 5.56 Å². The monoisotopic (exact) mass is 124 g/mol. The van der Waals surface area contributed by atoms with E-state index >= 15 is 0 Å². The number of hydrogen-bond donors (Lipinski definition) is 0. The summed E-state index contributed by atoms with van der Waals surface area (Å²) in [6.07, 6.45) is 6.20. The lowest BCUT2D eigenvalue weighted by molar-refractivity contribution is 0.488. The Bertz CT molecular complexity index is 189. The van der Waals surface area contributed by atoms with Gasteiger partial charge in [0.25, 0.3) is 0 Å². The number of rotatable bonds is 0. The third-order valence-electron chi connectivity index (χ3n) is 0.876. The fraction of sp³-hybridized carbons (Fsp3) is 0.143. The molecule has 0 aliphatic carbocycles. The second kappa shape index (κ2) is 2.97. The molecule has 1 rings (SSSR count). The van der Waals surface area contributed by atoms with Crippen LogP contribution in [0.5, 0.6) is 0 Å². The molecule has 0 amide bonds. The summed E-state index contributed by atoms with van der Waals surface area (Å²) in [7, 11) is 0. The molecule has 0 spiro atoms. The van der Waals surface area contributed by atoms with Crippen molar-refractivity contribution in [3.63, 3.8) is 0 Å². The van der Waals surface area contributed by atoms with Gasteiger partial charge in [-0.25, -0.2) is 0 Å². The van der Waals surface area contributed by atoms with Crippen LogP contribution >= 0.6 is 0 Å². The zero-order valence-electron chi connectivity index (χ0n) is 5.20. The van der Waals surface area contributed by atoms with Crippen LogP contribution in [0.25, 0.3) is 0 Å². The second-order valence-corrected chi connectivity index (χ2v) is 1.71. The summed E-state index contributed by atoms with van der Waals surface area (Å²) in [6, 6.07) is 1.82. The van der Waals surface area contributed by atoms with Crippen LogP contribution in [0.2, 0.25) is 0 Å². The van der Waals surface area contributed by atoms with Gasteiger partial charge in [-0.2, -0.15) is 0 Å². The van der Waals surface area contributed by atoms with Gasteiger partial charge in [0.2, 0.25) is 0 Å². The summed E-state index contributed by atoms with van der Waals surface area (Å²) >= 11 is 0. The maximum absolute atomic E-state index is 4.87. The van der Waals surface area contributed by atoms with Crippen molar-refractivity contribution < 1.29 is 8.83 Å². The summed E-state index contributed by atoms with van der Waals surface area (Å²) < 4.78 is 9.69. The first-order valence-electron chi connectivity index (χ1n) is 2.69. The molecule has 0 saturated heterocycles. The molecule has 0 unspecified atom stereocenters. The molecule has 2 nitrogen and oxygen atoms in total. The van der Waals surface area contributed by atoms with Crippen LogP contribution in [-0.4, -0.2) is 0 Å². The smallest absolute Gasteiger partial charge is 0.125 e. The highest BCUT2D eigenvalue weighted by Crippen LogP contribution is 1.90. The lowest BCUT2D eigenvalue weighted by Crippen LogP contribution is -1.61. The van der Waals surface area contributed by atoms with Gasteiger partial charge < -0.3 is 8.83 Å². The summed E-state index contributed by atoms with van der Waals surface area (Å²) in [4.78, 5) is 0. The molecule has 0 atom stereocenters. The molecule has 1 heterocycles. The van der Waals surface area contributed by atoms with Crippen LogP contribution < -0.4 is 0 Å². The highest BCUT2D eigenvalue weighted by Gasteiger charge is 1.73. The van der Waals surface area contributed by atoms with E-state index in [1.807, 2.05) is 13.0 Å².